The van der Waals surface area contributed by atoms with Crippen LogP contribution in [0.5, 0.6) is 0 Å². The second-order valence-corrected chi connectivity index (χ2v) is 7.92. The largest absolute Gasteiger partial charge is 0.382 e. The summed E-state index contributed by atoms with van der Waals surface area (Å²) in [5.74, 6) is -1.78. The number of carbonyl (C=O) groups excluding carboxylic acids is 1. The zero-order valence-electron chi connectivity index (χ0n) is 11.5. The number of hydrogen-bond donors (Lipinski definition) is 1. The van der Waals surface area contributed by atoms with Crippen molar-refractivity contribution in [2.24, 2.45) is 0 Å². The van der Waals surface area contributed by atoms with Gasteiger partial charge in [0.25, 0.3) is 15.0 Å². The van der Waals surface area contributed by atoms with Crippen molar-refractivity contribution < 1.29 is 22.3 Å². The summed E-state index contributed by atoms with van der Waals surface area (Å²) in [5, 5.41) is 2.09. The highest BCUT2D eigenvalue weighted by molar-refractivity contribution is 8.13. The molecule has 9 heteroatoms. The molecule has 0 radical (unpaired) electrons. The van der Waals surface area contributed by atoms with E-state index in [2.05, 4.69) is 5.32 Å². The maximum atomic E-state index is 13.7. The van der Waals surface area contributed by atoms with Crippen LogP contribution in [0.25, 0.3) is 0 Å². The van der Waals surface area contributed by atoms with Gasteiger partial charge in [-0.15, -0.1) is 0 Å². The Kier molecular flexibility index (Phi) is 5.60. The molecule has 1 rings (SSSR count). The predicted octanol–water partition coefficient (Wildman–Crippen LogP) is 2.56. The molecule has 1 aromatic carbocycles. The molecule has 0 saturated carbocycles. The van der Waals surface area contributed by atoms with Crippen LogP contribution >= 0.6 is 22.3 Å². The molecular formula is C12H14Cl2FNO4S. The van der Waals surface area contributed by atoms with Crippen LogP contribution in [0.1, 0.15) is 24.2 Å². The van der Waals surface area contributed by atoms with Crippen molar-refractivity contribution in [3.63, 3.8) is 0 Å². The van der Waals surface area contributed by atoms with E-state index in [1.54, 1.807) is 13.8 Å². The van der Waals surface area contributed by atoms with E-state index in [-0.39, 0.29) is 12.2 Å². The molecule has 0 aliphatic rings. The lowest BCUT2D eigenvalue weighted by atomic mass is 10.1. The first-order valence-corrected chi connectivity index (χ1v) is 8.42. The Hall–Kier alpha value is -0.890. The van der Waals surface area contributed by atoms with Crippen LogP contribution < -0.4 is 5.32 Å². The number of amides is 1. The number of rotatable bonds is 5. The molecule has 5 nitrogen and oxygen atoms in total. The zero-order valence-corrected chi connectivity index (χ0v) is 13.9. The summed E-state index contributed by atoms with van der Waals surface area (Å²) in [6.45, 7) is 3.56. The lowest BCUT2D eigenvalue weighted by molar-refractivity contribution is 0.0819. The summed E-state index contributed by atoms with van der Waals surface area (Å²) in [6.07, 6.45) is 0. The lowest BCUT2D eigenvalue weighted by Gasteiger charge is -2.25. The molecule has 1 amide bonds. The minimum atomic E-state index is -4.18. The van der Waals surface area contributed by atoms with E-state index >= 15 is 0 Å². The Morgan fingerprint density at radius 2 is 2.00 bits per heavy atom. The molecule has 0 unspecified atom stereocenters. The average molecular weight is 358 g/mol. The molecule has 118 valence electrons. The predicted molar refractivity (Wildman–Crippen MR) is 77.9 cm³/mol. The van der Waals surface area contributed by atoms with Gasteiger partial charge < -0.3 is 10.1 Å². The molecule has 1 aromatic rings. The molecule has 0 aliphatic heterocycles. The molecule has 21 heavy (non-hydrogen) atoms. The van der Waals surface area contributed by atoms with Gasteiger partial charge in [-0.2, -0.15) is 0 Å². The second-order valence-electron chi connectivity index (χ2n) is 4.98. The highest BCUT2D eigenvalue weighted by Gasteiger charge is 2.25. The first kappa shape index (κ1) is 18.2. The molecule has 1 N–H and O–H groups in total. The van der Waals surface area contributed by atoms with Gasteiger partial charge in [-0.05, 0) is 26.0 Å². The summed E-state index contributed by atoms with van der Waals surface area (Å²) in [6, 6.07) is 1.58. The van der Waals surface area contributed by atoms with Crippen molar-refractivity contribution in [1.82, 2.24) is 5.32 Å². The van der Waals surface area contributed by atoms with E-state index in [1.165, 1.54) is 7.11 Å². The highest BCUT2D eigenvalue weighted by atomic mass is 35.7. The number of ether oxygens (including phenoxy) is 1. The molecular weight excluding hydrogens is 344 g/mol. The van der Waals surface area contributed by atoms with E-state index in [1.807, 2.05) is 0 Å². The number of halogens is 3. The smallest absolute Gasteiger partial charge is 0.261 e. The van der Waals surface area contributed by atoms with E-state index in [0.717, 1.165) is 6.07 Å². The Balaban J connectivity index is 3.24. The highest BCUT2D eigenvalue weighted by Crippen LogP contribution is 2.26. The summed E-state index contributed by atoms with van der Waals surface area (Å²) in [5.41, 5.74) is -1.07. The third kappa shape index (κ3) is 4.81. The van der Waals surface area contributed by atoms with E-state index < -0.39 is 36.2 Å². The summed E-state index contributed by atoms with van der Waals surface area (Å²) in [7, 11) is 2.43. The van der Waals surface area contributed by atoms with Gasteiger partial charge in [0.1, 0.15) is 5.82 Å². The Morgan fingerprint density at radius 3 is 2.48 bits per heavy atom. The molecule has 0 fully saturated rings. The fourth-order valence-electron chi connectivity index (χ4n) is 1.64. The fourth-order valence-corrected chi connectivity index (χ4v) is 2.61. The molecule has 0 aromatic heterocycles. The van der Waals surface area contributed by atoms with E-state index in [4.69, 9.17) is 27.0 Å². The van der Waals surface area contributed by atoms with Crippen molar-refractivity contribution in [3.05, 3.63) is 28.5 Å². The van der Waals surface area contributed by atoms with Crippen LogP contribution in [-0.2, 0) is 13.8 Å². The SMILES string of the molecule is COCC(C)(C)NC(=O)c1cc(S(=O)(=O)Cl)cc(F)c1Cl. The van der Waals surface area contributed by atoms with Gasteiger partial charge in [-0.3, -0.25) is 4.79 Å². The third-order valence-electron chi connectivity index (χ3n) is 2.48. The molecule has 0 spiro atoms. The number of methoxy groups -OCH3 is 1. The number of hydrogen-bond acceptors (Lipinski definition) is 4. The fraction of sp³-hybridized carbons (Fsp3) is 0.417. The standard InChI is InChI=1S/C12H14Cl2FNO4S/c1-12(2,6-20-3)16-11(17)8-4-7(21(14,18)19)5-9(15)10(8)13/h4-5H,6H2,1-3H3,(H,16,17). The van der Waals surface area contributed by atoms with Crippen molar-refractivity contribution >= 4 is 37.2 Å². The number of carbonyl (C=O) groups is 1. The van der Waals surface area contributed by atoms with Crippen molar-refractivity contribution in [2.45, 2.75) is 24.3 Å². The van der Waals surface area contributed by atoms with Crippen LogP contribution in [-0.4, -0.2) is 33.6 Å². The maximum Gasteiger partial charge on any atom is 0.261 e. The van der Waals surface area contributed by atoms with Crippen LogP contribution in [0.3, 0.4) is 0 Å². The Morgan fingerprint density at radius 1 is 1.43 bits per heavy atom. The topological polar surface area (TPSA) is 72.5 Å². The quantitative estimate of drug-likeness (QED) is 0.822. The van der Waals surface area contributed by atoms with E-state index in [9.17, 15) is 17.6 Å². The van der Waals surface area contributed by atoms with Gasteiger partial charge in [0, 0.05) is 17.8 Å². The molecule has 0 aliphatic carbocycles. The van der Waals surface area contributed by atoms with Gasteiger partial charge in [-0.1, -0.05) is 11.6 Å². The molecule has 0 heterocycles. The van der Waals surface area contributed by atoms with Gasteiger partial charge in [-0.25, -0.2) is 12.8 Å². The first-order valence-electron chi connectivity index (χ1n) is 5.73. The van der Waals surface area contributed by atoms with Gasteiger partial charge in [0.05, 0.1) is 27.6 Å². The number of benzene rings is 1. The molecule has 0 bridgehead atoms. The van der Waals surface area contributed by atoms with Crippen LogP contribution in [0.15, 0.2) is 17.0 Å². The second kappa shape index (κ2) is 6.48. The van der Waals surface area contributed by atoms with Crippen LogP contribution in [0, 0.1) is 5.82 Å². The summed E-state index contributed by atoms with van der Waals surface area (Å²) < 4.78 is 41.1. The van der Waals surface area contributed by atoms with Crippen molar-refractivity contribution in [3.8, 4) is 0 Å². The number of nitrogens with one attached hydrogen (secondary N) is 1. The normalized spacial score (nSPS) is 12.3. The average Bonchev–Trinajstić information content (AvgIpc) is 2.29. The van der Waals surface area contributed by atoms with Gasteiger partial charge >= 0.3 is 0 Å². The maximum absolute atomic E-state index is 13.7. The van der Waals surface area contributed by atoms with Crippen LogP contribution in [0.2, 0.25) is 5.02 Å². The monoisotopic (exact) mass is 357 g/mol. The lowest BCUT2D eigenvalue weighted by Crippen LogP contribution is -2.46. The zero-order chi connectivity index (χ0) is 16.4. The van der Waals surface area contributed by atoms with Crippen molar-refractivity contribution in [2.75, 3.05) is 13.7 Å². The van der Waals surface area contributed by atoms with Gasteiger partial charge in [0.15, 0.2) is 0 Å². The summed E-state index contributed by atoms with van der Waals surface area (Å²) >= 11 is 5.71. The minimum absolute atomic E-state index is 0.201. The molecule has 0 saturated heterocycles. The van der Waals surface area contributed by atoms with Gasteiger partial charge in [0.2, 0.25) is 0 Å². The third-order valence-corrected chi connectivity index (χ3v) is 4.20. The Labute approximate surface area is 131 Å². The summed E-state index contributed by atoms with van der Waals surface area (Å²) in [4.78, 5) is 11.6. The molecule has 0 atom stereocenters. The van der Waals surface area contributed by atoms with E-state index in [0.29, 0.717) is 6.07 Å². The minimum Gasteiger partial charge on any atom is -0.382 e. The first-order chi connectivity index (χ1) is 9.48. The Bertz CT molecular complexity index is 661. The van der Waals surface area contributed by atoms with Crippen molar-refractivity contribution in [1.29, 1.82) is 0 Å². The van der Waals surface area contributed by atoms with Crippen LogP contribution in [0.4, 0.5) is 4.39 Å².